The normalized spacial score (nSPS) is 19.0. The number of carbonyl (C=O) groups is 1. The molecule has 2 unspecified atom stereocenters. The summed E-state index contributed by atoms with van der Waals surface area (Å²) in [7, 11) is 0. The molecule has 5 aromatic rings. The van der Waals surface area contributed by atoms with E-state index in [2.05, 4.69) is 44.5 Å². The average molecular weight is 716 g/mol. The summed E-state index contributed by atoms with van der Waals surface area (Å²) in [5, 5.41) is 21.1. The lowest BCUT2D eigenvalue weighted by molar-refractivity contribution is -0.118. The Bertz CT molecular complexity index is 2260. The largest absolute Gasteiger partial charge is 0.621 e. The van der Waals surface area contributed by atoms with Crippen LogP contribution in [0.25, 0.3) is 22.2 Å². The fraction of sp³-hybridized carbons (Fsp3) is 0.314. The standard InChI is InChI=1S/C34H31FN10O2S.CN.Al/c1-19-3-2-4-21(13-36)28(19)31-29(35)30-26(14-37-31)33(44-15-23-7-8-24(16-44)39-23)42-34(41-30)47-17-27(46)40-22-9-11-25(12-10-22)48-45-18-38-32(43-45)20-5-6-20;1-2;/h2-3,9-14,18,20,23-24,39H,5-8,15-17H2,1H3,(H,40,46);;/q-1;;+1. The van der Waals surface area contributed by atoms with E-state index in [9.17, 15) is 10.1 Å². The van der Waals surface area contributed by atoms with Gasteiger partial charge in [0.2, 0.25) is 0 Å². The van der Waals surface area contributed by atoms with Crippen LogP contribution in [0.5, 0.6) is 6.01 Å². The topological polar surface area (TPSA) is 159 Å². The number of anilines is 2. The van der Waals surface area contributed by atoms with Gasteiger partial charge in [0.15, 0.2) is 18.2 Å². The van der Waals surface area contributed by atoms with Crippen LogP contribution in [-0.2, 0) is 4.79 Å². The number of aromatic nitrogens is 6. The number of amides is 1. The second-order valence-electron chi connectivity index (χ2n) is 13.4. The number of hydrogen-bond acceptors (Lipinski definition) is 12. The molecule has 4 aliphatic rings. The van der Waals surface area contributed by atoms with Gasteiger partial charge < -0.3 is 24.2 Å². The first-order valence-corrected chi connectivity index (χ1v) is 19.4. The molecule has 0 spiro atoms. The van der Waals surface area contributed by atoms with E-state index >= 15 is 4.39 Å². The zero-order valence-electron chi connectivity index (χ0n) is 27.6. The van der Waals surface area contributed by atoms with Crippen molar-refractivity contribution in [1.82, 2.24) is 34.4 Å². The highest BCUT2D eigenvalue weighted by Gasteiger charge is 2.35. The van der Waals surface area contributed by atoms with Gasteiger partial charge in [-0.3, -0.25) is 9.78 Å². The first kappa shape index (κ1) is 32.0. The van der Waals surface area contributed by atoms with Gasteiger partial charge in [-0.2, -0.15) is 14.1 Å². The minimum Gasteiger partial charge on any atom is -0.453 e. The molecular formula is C35H31AlFN11O2S. The maximum atomic E-state index is 16.7. The van der Waals surface area contributed by atoms with Crippen molar-refractivity contribution < 1.29 is 13.9 Å². The molecule has 51 heavy (non-hydrogen) atoms. The van der Waals surface area contributed by atoms with Crippen molar-refractivity contribution in [2.75, 3.05) is 29.9 Å². The predicted molar refractivity (Wildman–Crippen MR) is 192 cm³/mol. The molecule has 1 aliphatic carbocycles. The molecule has 1 amide bonds. The number of carbonyl (C=O) groups excluding carboxylic acids is 1. The number of hydrogen-bond donors (Lipinski definition) is 2. The predicted octanol–water partition coefficient (Wildman–Crippen LogP) is 3.82. The Kier molecular flexibility index (Phi) is 8.16. The van der Waals surface area contributed by atoms with Crippen molar-refractivity contribution in [2.45, 2.75) is 55.5 Å². The van der Waals surface area contributed by atoms with Gasteiger partial charge in [0, 0.05) is 65.4 Å². The molecule has 2 N–H and O–H groups in total. The lowest BCUT2D eigenvalue weighted by Crippen LogP contribution is -2.51. The minimum absolute atomic E-state index is 0.0528. The van der Waals surface area contributed by atoms with Crippen molar-refractivity contribution in [3.05, 3.63) is 71.7 Å². The van der Waals surface area contributed by atoms with E-state index in [1.807, 2.05) is 31.2 Å². The summed E-state index contributed by atoms with van der Waals surface area (Å²) in [4.78, 5) is 36.7. The molecule has 3 aliphatic heterocycles. The lowest BCUT2D eigenvalue weighted by Gasteiger charge is -2.34. The fourth-order valence-electron chi connectivity index (χ4n) is 7.11. The number of halogens is 1. The molecule has 2 aromatic carbocycles. The van der Waals surface area contributed by atoms with Crippen LogP contribution in [0.2, 0.25) is 0 Å². The van der Waals surface area contributed by atoms with E-state index in [0.29, 0.717) is 53.5 Å². The molecule has 9 rings (SSSR count). The Morgan fingerprint density at radius 1 is 1.12 bits per heavy atom. The van der Waals surface area contributed by atoms with E-state index in [-0.39, 0.29) is 23.8 Å². The van der Waals surface area contributed by atoms with Gasteiger partial charge in [-0.25, -0.2) is 14.6 Å². The van der Waals surface area contributed by atoms with Gasteiger partial charge in [-0.1, -0.05) is 16.6 Å². The molecular weight excluding hydrogens is 685 g/mol. The Balaban J connectivity index is 0.978. The van der Waals surface area contributed by atoms with Crippen LogP contribution in [0.15, 0.2) is 57.8 Å². The zero-order chi connectivity index (χ0) is 34.6. The van der Waals surface area contributed by atoms with Crippen LogP contribution in [0, 0.1) is 22.9 Å². The third-order valence-corrected chi connectivity index (χ3v) is 12.4. The maximum Gasteiger partial charge on any atom is 0.621 e. The number of piperazine rings is 1. The first-order chi connectivity index (χ1) is 24.9. The second-order valence-corrected chi connectivity index (χ2v) is 16.4. The molecule has 3 aromatic heterocycles. The summed E-state index contributed by atoms with van der Waals surface area (Å²) in [6, 6.07) is 11.7. The number of benzene rings is 2. The monoisotopic (exact) mass is 715 g/mol. The minimum atomic E-state index is -2.18. The van der Waals surface area contributed by atoms with E-state index in [1.54, 1.807) is 35.0 Å². The van der Waals surface area contributed by atoms with E-state index in [0.717, 1.165) is 52.0 Å². The van der Waals surface area contributed by atoms with Crippen LogP contribution >= 0.6 is 11.9 Å². The molecule has 16 heteroatoms. The Morgan fingerprint density at radius 2 is 1.92 bits per heavy atom. The fourth-order valence-corrected chi connectivity index (χ4v) is 9.26. The number of rotatable bonds is 9. The van der Waals surface area contributed by atoms with Gasteiger partial charge in [-0.15, -0.1) is 5.10 Å². The Labute approximate surface area is 301 Å². The molecule has 1 saturated carbocycles. The molecule has 13 nitrogen and oxygen atoms in total. The average Bonchev–Trinajstić information content (AvgIpc) is 3.59. The summed E-state index contributed by atoms with van der Waals surface area (Å²) >= 11 is -0.736. The molecule has 254 valence electrons. The van der Waals surface area contributed by atoms with Crippen molar-refractivity contribution in [3.8, 4) is 22.2 Å². The van der Waals surface area contributed by atoms with E-state index in [1.165, 1.54) is 11.9 Å². The van der Waals surface area contributed by atoms with Gasteiger partial charge in [0.05, 0.1) is 5.39 Å². The summed E-state index contributed by atoms with van der Waals surface area (Å²) in [5.74, 6) is 0.856. The van der Waals surface area contributed by atoms with Crippen molar-refractivity contribution in [3.63, 3.8) is 0 Å². The van der Waals surface area contributed by atoms with Crippen LogP contribution in [0.4, 0.5) is 15.9 Å². The molecule has 2 bridgehead atoms. The quantitative estimate of drug-likeness (QED) is 0.214. The van der Waals surface area contributed by atoms with Crippen LogP contribution in [0.3, 0.4) is 0 Å². The summed E-state index contributed by atoms with van der Waals surface area (Å²) in [6.45, 7) is 2.90. The molecule has 3 fully saturated rings. The van der Waals surface area contributed by atoms with Crippen molar-refractivity contribution >= 4 is 65.3 Å². The number of nitrogens with one attached hydrogen (secondary N) is 2. The lowest BCUT2D eigenvalue weighted by atomic mass is 9.98. The number of ether oxygens (including phenoxy) is 1. The molecule has 2 saturated heterocycles. The number of nitrogens with zero attached hydrogens (tertiary/aromatic N) is 9. The second kappa shape index (κ2) is 13.0. The van der Waals surface area contributed by atoms with Gasteiger partial charge in [-0.05, 0) is 79.1 Å². The molecule has 2 atom stereocenters. The zero-order valence-corrected chi connectivity index (χ0v) is 29.6. The molecule has 6 heterocycles. The number of aryl methyl sites for hydroxylation is 1. The smallest absolute Gasteiger partial charge is 0.453 e. The highest BCUT2D eigenvalue weighted by atomic mass is 32.2. The van der Waals surface area contributed by atoms with E-state index < -0.39 is 26.1 Å². The third-order valence-electron chi connectivity index (χ3n) is 9.76. The number of pyridine rings is 1. The van der Waals surface area contributed by atoms with E-state index in [4.69, 9.17) is 9.72 Å². The summed E-state index contributed by atoms with van der Waals surface area (Å²) < 4.78 is 29.7. The maximum absolute atomic E-state index is 16.7. The third kappa shape index (κ3) is 6.21. The Morgan fingerprint density at radius 3 is 2.69 bits per heavy atom. The van der Waals surface area contributed by atoms with Gasteiger partial charge in [0.25, 0.3) is 5.91 Å². The highest BCUT2D eigenvalue weighted by Crippen LogP contribution is 2.38. The van der Waals surface area contributed by atoms with Gasteiger partial charge in [0.1, 0.15) is 23.4 Å². The molecule has 0 radical (unpaired) electrons. The van der Waals surface area contributed by atoms with Gasteiger partial charge >= 0.3 is 20.4 Å². The van der Waals surface area contributed by atoms with Crippen molar-refractivity contribution in [1.29, 1.82) is 5.26 Å². The SMILES string of the molecule is Cc1cc[c]2c(c1-c1ncc3c(N4CC5CCC(C4)N5)nc(OCC(=O)Nc4ccc(Sn5cnc(C6CC6)n5)cc4)nc3c1F)C=[N][Al]2[C]#N. The van der Waals surface area contributed by atoms with Crippen LogP contribution in [0.1, 0.15) is 48.6 Å². The summed E-state index contributed by atoms with van der Waals surface area (Å²) in [6.07, 6.45) is 9.40. The van der Waals surface area contributed by atoms with Crippen LogP contribution in [-0.4, -0.2) is 87.4 Å². The van der Waals surface area contributed by atoms with Crippen LogP contribution < -0.4 is 24.7 Å². The Hall–Kier alpha value is -4.93. The number of nitriles is 1. The number of fused-ring (bicyclic) bond motifs is 4. The van der Waals surface area contributed by atoms with Crippen molar-refractivity contribution in [2.24, 2.45) is 3.98 Å². The summed E-state index contributed by atoms with van der Waals surface area (Å²) in [5.41, 5.74) is 2.91. The highest BCUT2D eigenvalue weighted by molar-refractivity contribution is 7.97. The first-order valence-electron chi connectivity index (χ1n) is 17.0.